The van der Waals surface area contributed by atoms with Gasteiger partial charge in [-0.15, -0.1) is 0 Å². The smallest absolute Gasteiger partial charge is 0.335 e. The van der Waals surface area contributed by atoms with Crippen molar-refractivity contribution in [1.82, 2.24) is 0 Å². The predicted octanol–water partition coefficient (Wildman–Crippen LogP) is 3.53. The Morgan fingerprint density at radius 2 is 1.64 bits per heavy atom. The van der Waals surface area contributed by atoms with Crippen LogP contribution in [-0.4, -0.2) is 22.2 Å². The van der Waals surface area contributed by atoms with Gasteiger partial charge in [0.2, 0.25) is 0 Å². The lowest BCUT2D eigenvalue weighted by atomic mass is 9.91. The molecule has 0 aliphatic heterocycles. The first-order chi connectivity index (χ1) is 10.5. The number of aromatic carboxylic acids is 1. The van der Waals surface area contributed by atoms with Crippen LogP contribution in [0.15, 0.2) is 36.4 Å². The van der Waals surface area contributed by atoms with Gasteiger partial charge in [-0.25, -0.2) is 4.79 Å². The summed E-state index contributed by atoms with van der Waals surface area (Å²) in [6.07, 6.45) is 0.847. The van der Waals surface area contributed by atoms with E-state index in [0.29, 0.717) is 0 Å². The fraction of sp³-hybridized carbons (Fsp3) is 0.222. The Balaban J connectivity index is 2.19. The lowest BCUT2D eigenvalue weighted by molar-refractivity contribution is -0.137. The molecule has 3 rings (SSSR count). The number of aryl methyl sites for hydroxylation is 1. The van der Waals surface area contributed by atoms with E-state index >= 15 is 0 Å². The maximum atomic E-state index is 11.2. The highest BCUT2D eigenvalue weighted by molar-refractivity contribution is 5.91. The highest BCUT2D eigenvalue weighted by Gasteiger charge is 2.31. The molecule has 0 bridgehead atoms. The van der Waals surface area contributed by atoms with E-state index in [1.54, 1.807) is 18.2 Å². The summed E-state index contributed by atoms with van der Waals surface area (Å²) in [7, 11) is 0. The summed E-state index contributed by atoms with van der Waals surface area (Å²) in [4.78, 5) is 22.4. The Hall–Kier alpha value is -2.62. The molecule has 2 aromatic carbocycles. The van der Waals surface area contributed by atoms with Gasteiger partial charge in [0.15, 0.2) is 0 Å². The van der Waals surface area contributed by atoms with E-state index in [0.717, 1.165) is 34.2 Å². The number of carbonyl (C=O) groups is 2. The Morgan fingerprint density at radius 1 is 1.00 bits per heavy atom. The standard InChI is InChI=1S/C18H16O4/c1-2-10-3-5-12-13-6-4-11(18(21)22)8-15(13)16(9-17(19)20)14(12)7-10/h3-8,16H,2,9H2,1H3,(H,19,20)(H,21,22). The third-order valence-electron chi connectivity index (χ3n) is 4.24. The molecular weight excluding hydrogens is 280 g/mol. The van der Waals surface area contributed by atoms with Crippen molar-refractivity contribution in [3.8, 4) is 11.1 Å². The van der Waals surface area contributed by atoms with Gasteiger partial charge in [-0.3, -0.25) is 4.79 Å². The minimum Gasteiger partial charge on any atom is -0.481 e. The Kier molecular flexibility index (Phi) is 3.45. The van der Waals surface area contributed by atoms with Crippen LogP contribution in [0.25, 0.3) is 11.1 Å². The number of fused-ring (bicyclic) bond motifs is 3. The predicted molar refractivity (Wildman–Crippen MR) is 82.3 cm³/mol. The Morgan fingerprint density at radius 3 is 2.23 bits per heavy atom. The summed E-state index contributed by atoms with van der Waals surface area (Å²) < 4.78 is 0. The Bertz CT molecular complexity index is 777. The molecule has 112 valence electrons. The number of hydrogen-bond acceptors (Lipinski definition) is 2. The summed E-state index contributed by atoms with van der Waals surface area (Å²) in [5, 5.41) is 18.4. The first kappa shape index (κ1) is 14.3. The van der Waals surface area contributed by atoms with E-state index in [2.05, 4.69) is 6.92 Å². The van der Waals surface area contributed by atoms with Crippen molar-refractivity contribution in [3.05, 3.63) is 58.7 Å². The van der Waals surface area contributed by atoms with Gasteiger partial charge in [-0.05, 0) is 46.4 Å². The molecule has 0 amide bonds. The summed E-state index contributed by atoms with van der Waals surface area (Å²) in [5.74, 6) is -2.16. The highest BCUT2D eigenvalue weighted by Crippen LogP contribution is 2.47. The van der Waals surface area contributed by atoms with E-state index < -0.39 is 11.9 Å². The summed E-state index contributed by atoms with van der Waals surface area (Å²) in [6, 6.07) is 11.1. The van der Waals surface area contributed by atoms with E-state index in [-0.39, 0.29) is 17.9 Å². The van der Waals surface area contributed by atoms with Gasteiger partial charge in [0.05, 0.1) is 12.0 Å². The topological polar surface area (TPSA) is 74.6 Å². The highest BCUT2D eigenvalue weighted by atomic mass is 16.4. The molecule has 1 atom stereocenters. The fourth-order valence-electron chi connectivity index (χ4n) is 3.16. The lowest BCUT2D eigenvalue weighted by Gasteiger charge is -2.12. The summed E-state index contributed by atoms with van der Waals surface area (Å²) in [6.45, 7) is 2.05. The average Bonchev–Trinajstić information content (AvgIpc) is 2.79. The van der Waals surface area contributed by atoms with Crippen LogP contribution in [0, 0.1) is 0 Å². The van der Waals surface area contributed by atoms with Crippen LogP contribution in [-0.2, 0) is 11.2 Å². The molecule has 0 radical (unpaired) electrons. The molecule has 0 heterocycles. The maximum absolute atomic E-state index is 11.2. The van der Waals surface area contributed by atoms with Crippen molar-refractivity contribution in [1.29, 1.82) is 0 Å². The zero-order valence-corrected chi connectivity index (χ0v) is 12.2. The van der Waals surface area contributed by atoms with Gasteiger partial charge >= 0.3 is 11.9 Å². The molecule has 4 nitrogen and oxygen atoms in total. The molecule has 1 aliphatic carbocycles. The monoisotopic (exact) mass is 296 g/mol. The quantitative estimate of drug-likeness (QED) is 0.905. The normalized spacial score (nSPS) is 15.2. The van der Waals surface area contributed by atoms with Crippen LogP contribution in [0.4, 0.5) is 0 Å². The molecule has 2 N–H and O–H groups in total. The Labute approximate surface area is 128 Å². The molecule has 2 aromatic rings. The van der Waals surface area contributed by atoms with Crippen molar-refractivity contribution in [2.75, 3.05) is 0 Å². The van der Waals surface area contributed by atoms with Crippen molar-refractivity contribution >= 4 is 11.9 Å². The number of carboxylic acid groups (broad SMARTS) is 2. The van der Waals surface area contributed by atoms with Gasteiger partial charge in [-0.1, -0.05) is 31.2 Å². The van der Waals surface area contributed by atoms with Gasteiger partial charge < -0.3 is 10.2 Å². The minimum atomic E-state index is -0.998. The maximum Gasteiger partial charge on any atom is 0.335 e. The van der Waals surface area contributed by atoms with Crippen molar-refractivity contribution in [2.24, 2.45) is 0 Å². The first-order valence-electron chi connectivity index (χ1n) is 7.23. The van der Waals surface area contributed by atoms with Crippen molar-refractivity contribution in [2.45, 2.75) is 25.7 Å². The second-order valence-corrected chi connectivity index (χ2v) is 5.53. The SMILES string of the molecule is CCc1ccc2c(c1)C(CC(=O)O)c1cc(C(=O)O)ccc1-2. The third kappa shape index (κ3) is 2.26. The summed E-state index contributed by atoms with van der Waals surface area (Å²) in [5.41, 5.74) is 5.08. The van der Waals surface area contributed by atoms with Crippen LogP contribution in [0.3, 0.4) is 0 Å². The van der Waals surface area contributed by atoms with Crippen LogP contribution >= 0.6 is 0 Å². The van der Waals surface area contributed by atoms with Gasteiger partial charge in [0.25, 0.3) is 0 Å². The number of hydrogen-bond donors (Lipinski definition) is 2. The molecule has 0 fully saturated rings. The second kappa shape index (κ2) is 5.30. The molecule has 0 saturated heterocycles. The van der Waals surface area contributed by atoms with E-state index in [4.69, 9.17) is 5.11 Å². The van der Waals surface area contributed by atoms with Crippen molar-refractivity contribution in [3.63, 3.8) is 0 Å². The van der Waals surface area contributed by atoms with Gasteiger partial charge in [0, 0.05) is 5.92 Å². The van der Waals surface area contributed by atoms with Crippen LogP contribution in [0.5, 0.6) is 0 Å². The van der Waals surface area contributed by atoms with Crippen molar-refractivity contribution < 1.29 is 19.8 Å². The molecule has 0 spiro atoms. The molecule has 22 heavy (non-hydrogen) atoms. The van der Waals surface area contributed by atoms with E-state index in [1.165, 1.54) is 0 Å². The second-order valence-electron chi connectivity index (χ2n) is 5.53. The van der Waals surface area contributed by atoms with Crippen LogP contribution < -0.4 is 0 Å². The number of carboxylic acids is 2. The van der Waals surface area contributed by atoms with Crippen LogP contribution in [0.2, 0.25) is 0 Å². The first-order valence-corrected chi connectivity index (χ1v) is 7.23. The van der Waals surface area contributed by atoms with Gasteiger partial charge in [-0.2, -0.15) is 0 Å². The molecule has 0 saturated carbocycles. The van der Waals surface area contributed by atoms with E-state index in [9.17, 15) is 14.7 Å². The van der Waals surface area contributed by atoms with Gasteiger partial charge in [0.1, 0.15) is 0 Å². The molecule has 4 heteroatoms. The molecule has 1 unspecified atom stereocenters. The van der Waals surface area contributed by atoms with E-state index in [1.807, 2.05) is 18.2 Å². The average molecular weight is 296 g/mol. The molecule has 1 aliphatic rings. The molecular formula is C18H16O4. The largest absolute Gasteiger partial charge is 0.481 e. The minimum absolute atomic E-state index is 0.0315. The third-order valence-corrected chi connectivity index (χ3v) is 4.24. The zero-order valence-electron chi connectivity index (χ0n) is 12.2. The summed E-state index contributed by atoms with van der Waals surface area (Å²) >= 11 is 0. The zero-order chi connectivity index (χ0) is 15.9. The number of rotatable bonds is 4. The fourth-order valence-corrected chi connectivity index (χ4v) is 3.16. The lowest BCUT2D eigenvalue weighted by Crippen LogP contribution is -2.06. The number of aliphatic carboxylic acids is 1. The number of benzene rings is 2. The van der Waals surface area contributed by atoms with Crippen LogP contribution in [0.1, 0.15) is 46.3 Å². The molecule has 0 aromatic heterocycles.